The van der Waals surface area contributed by atoms with Crippen molar-refractivity contribution in [3.63, 3.8) is 0 Å². The second-order valence-corrected chi connectivity index (χ2v) is 12.2. The number of hydrogen-bond donors (Lipinski definition) is 0. The molecule has 0 fully saturated rings. The van der Waals surface area contributed by atoms with Crippen LogP contribution in [-0.2, 0) is 0 Å². The van der Waals surface area contributed by atoms with Gasteiger partial charge in [-0.1, -0.05) is 133 Å². The summed E-state index contributed by atoms with van der Waals surface area (Å²) in [4.78, 5) is 2.25. The van der Waals surface area contributed by atoms with Gasteiger partial charge in [-0.3, -0.25) is 0 Å². The van der Waals surface area contributed by atoms with Crippen molar-refractivity contribution in [2.24, 2.45) is 0 Å². The van der Waals surface area contributed by atoms with Gasteiger partial charge >= 0.3 is 0 Å². The summed E-state index contributed by atoms with van der Waals surface area (Å²) in [6.45, 7) is 0. The van der Waals surface area contributed by atoms with Gasteiger partial charge in [0.2, 0.25) is 0 Å². The number of nitrogens with zero attached hydrogens (tertiary/aromatic N) is 1. The zero-order valence-corrected chi connectivity index (χ0v) is 26.7. The maximum Gasteiger partial charge on any atom is 0.193 e. The Bertz CT molecular complexity index is 2410. The lowest BCUT2D eigenvalue weighted by Crippen LogP contribution is -2.11. The van der Waals surface area contributed by atoms with E-state index in [4.69, 9.17) is 9.47 Å². The molecule has 3 nitrogen and oxygen atoms in total. The molecule has 232 valence electrons. The van der Waals surface area contributed by atoms with Crippen LogP contribution in [0, 0.1) is 0 Å². The van der Waals surface area contributed by atoms with Crippen LogP contribution in [0.15, 0.2) is 188 Å². The molecule has 1 aliphatic rings. The summed E-state index contributed by atoms with van der Waals surface area (Å²) in [7, 11) is 0. The minimum Gasteiger partial charge on any atom is -0.453 e. The fourth-order valence-electron chi connectivity index (χ4n) is 6.71. The van der Waals surface area contributed by atoms with Crippen molar-refractivity contribution >= 4 is 27.8 Å². The Morgan fingerprint density at radius 2 is 0.776 bits per heavy atom. The standard InChI is InChI=1S/C46H31NO2/c1-3-11-32(12-4-1)34-23-27-39(28-24-34)47(40-29-25-35(26-30-40)38-18-7-17-37(31-38)33-13-5-2-6-14-33)41-19-10-22-44-46(41)49-43-21-9-16-36-15-8-20-42(48-44)45(36)43/h1-31H. The molecule has 0 saturated carbocycles. The van der Waals surface area contributed by atoms with Crippen molar-refractivity contribution in [3.8, 4) is 56.4 Å². The van der Waals surface area contributed by atoms with E-state index in [2.05, 4.69) is 150 Å². The van der Waals surface area contributed by atoms with Crippen LogP contribution in [0.3, 0.4) is 0 Å². The molecule has 3 heteroatoms. The first-order valence-corrected chi connectivity index (χ1v) is 16.5. The van der Waals surface area contributed by atoms with Gasteiger partial charge in [0.1, 0.15) is 11.5 Å². The summed E-state index contributed by atoms with van der Waals surface area (Å²) in [6, 6.07) is 65.5. The van der Waals surface area contributed by atoms with Crippen LogP contribution in [0.25, 0.3) is 44.2 Å². The Morgan fingerprint density at radius 1 is 0.327 bits per heavy atom. The average Bonchev–Trinajstić information content (AvgIpc) is 3.34. The maximum absolute atomic E-state index is 6.80. The molecule has 0 spiro atoms. The van der Waals surface area contributed by atoms with Gasteiger partial charge in [0.05, 0.1) is 11.1 Å². The molecule has 0 N–H and O–H groups in total. The Morgan fingerprint density at radius 3 is 1.39 bits per heavy atom. The second-order valence-electron chi connectivity index (χ2n) is 12.2. The monoisotopic (exact) mass is 629 g/mol. The van der Waals surface area contributed by atoms with Crippen LogP contribution in [0.1, 0.15) is 0 Å². The molecule has 0 saturated heterocycles. The molecule has 0 aliphatic carbocycles. The number of hydrogen-bond acceptors (Lipinski definition) is 3. The lowest BCUT2D eigenvalue weighted by Gasteiger charge is -2.28. The van der Waals surface area contributed by atoms with Crippen LogP contribution < -0.4 is 14.4 Å². The van der Waals surface area contributed by atoms with Gasteiger partial charge in [-0.2, -0.15) is 0 Å². The highest BCUT2D eigenvalue weighted by Gasteiger charge is 2.25. The Labute approximate surface area is 285 Å². The van der Waals surface area contributed by atoms with Gasteiger partial charge in [-0.15, -0.1) is 0 Å². The van der Waals surface area contributed by atoms with Gasteiger partial charge in [-0.25, -0.2) is 0 Å². The summed E-state index contributed by atoms with van der Waals surface area (Å²) >= 11 is 0. The van der Waals surface area contributed by atoms with Crippen LogP contribution in [-0.4, -0.2) is 0 Å². The maximum atomic E-state index is 6.80. The van der Waals surface area contributed by atoms with E-state index in [1.54, 1.807) is 0 Å². The normalized spacial score (nSPS) is 11.6. The number of benzene rings is 8. The molecule has 1 heterocycles. The zero-order valence-electron chi connectivity index (χ0n) is 26.7. The van der Waals surface area contributed by atoms with Crippen molar-refractivity contribution in [1.82, 2.24) is 0 Å². The smallest absolute Gasteiger partial charge is 0.193 e. The van der Waals surface area contributed by atoms with E-state index in [1.165, 1.54) is 22.3 Å². The highest BCUT2D eigenvalue weighted by Crippen LogP contribution is 2.52. The lowest BCUT2D eigenvalue weighted by atomic mass is 9.99. The van der Waals surface area contributed by atoms with Crippen LogP contribution >= 0.6 is 0 Å². The molecule has 0 amide bonds. The number of rotatable bonds is 6. The summed E-state index contributed by atoms with van der Waals surface area (Å²) < 4.78 is 13.4. The molecule has 0 unspecified atom stereocenters. The van der Waals surface area contributed by atoms with Crippen LogP contribution in [0.4, 0.5) is 17.1 Å². The number of para-hydroxylation sites is 1. The Kier molecular flexibility index (Phi) is 7.14. The predicted octanol–water partition coefficient (Wildman–Crippen LogP) is 13.2. The third-order valence-corrected chi connectivity index (χ3v) is 9.12. The largest absolute Gasteiger partial charge is 0.453 e. The first-order chi connectivity index (χ1) is 24.3. The van der Waals surface area contributed by atoms with Gasteiger partial charge in [-0.05, 0) is 93.4 Å². The highest BCUT2D eigenvalue weighted by atomic mass is 16.5. The first-order valence-electron chi connectivity index (χ1n) is 16.5. The van der Waals surface area contributed by atoms with Gasteiger partial charge in [0, 0.05) is 11.4 Å². The molecule has 9 rings (SSSR count). The van der Waals surface area contributed by atoms with E-state index in [0.717, 1.165) is 50.5 Å². The van der Waals surface area contributed by atoms with Crippen LogP contribution in [0.5, 0.6) is 23.0 Å². The molecule has 0 radical (unpaired) electrons. The summed E-state index contributed by atoms with van der Waals surface area (Å²) in [6.07, 6.45) is 0. The SMILES string of the molecule is c1ccc(-c2ccc(N(c3ccc(-c4cccc(-c5ccccc5)c4)cc3)c3cccc4c3Oc3cccc5cccc(c35)O4)cc2)cc1. The fourth-order valence-corrected chi connectivity index (χ4v) is 6.71. The topological polar surface area (TPSA) is 21.7 Å². The third-order valence-electron chi connectivity index (χ3n) is 9.12. The predicted molar refractivity (Wildman–Crippen MR) is 202 cm³/mol. The lowest BCUT2D eigenvalue weighted by molar-refractivity contribution is 0.440. The van der Waals surface area contributed by atoms with E-state index in [0.29, 0.717) is 11.5 Å². The van der Waals surface area contributed by atoms with Crippen molar-refractivity contribution in [3.05, 3.63) is 188 Å². The molecular formula is C46H31NO2. The van der Waals surface area contributed by atoms with E-state index < -0.39 is 0 Å². The molecule has 0 bridgehead atoms. The summed E-state index contributed by atoms with van der Waals surface area (Å²) in [5.41, 5.74) is 9.96. The third kappa shape index (κ3) is 5.38. The summed E-state index contributed by atoms with van der Waals surface area (Å²) in [5, 5.41) is 2.04. The Balaban J connectivity index is 1.16. The van der Waals surface area contributed by atoms with E-state index in [-0.39, 0.29) is 0 Å². The van der Waals surface area contributed by atoms with Crippen molar-refractivity contribution in [2.75, 3.05) is 4.90 Å². The van der Waals surface area contributed by atoms with E-state index in [1.807, 2.05) is 42.5 Å². The molecule has 0 aromatic heterocycles. The zero-order chi connectivity index (χ0) is 32.6. The minimum absolute atomic E-state index is 0.665. The highest BCUT2D eigenvalue weighted by molar-refractivity contribution is 5.96. The molecule has 8 aromatic rings. The van der Waals surface area contributed by atoms with Gasteiger partial charge in [0.25, 0.3) is 0 Å². The number of anilines is 3. The number of fused-ring (bicyclic) bond motifs is 1. The molecular weight excluding hydrogens is 599 g/mol. The van der Waals surface area contributed by atoms with Crippen molar-refractivity contribution in [1.29, 1.82) is 0 Å². The fraction of sp³-hybridized carbons (Fsp3) is 0. The average molecular weight is 630 g/mol. The quantitative estimate of drug-likeness (QED) is 0.183. The molecule has 8 aromatic carbocycles. The van der Waals surface area contributed by atoms with E-state index >= 15 is 0 Å². The molecule has 49 heavy (non-hydrogen) atoms. The molecule has 1 aliphatic heterocycles. The van der Waals surface area contributed by atoms with Crippen LogP contribution in [0.2, 0.25) is 0 Å². The summed E-state index contributed by atoms with van der Waals surface area (Å²) in [5.74, 6) is 2.89. The first kappa shape index (κ1) is 28.6. The minimum atomic E-state index is 0.665. The Hall–Kier alpha value is -6.58. The van der Waals surface area contributed by atoms with E-state index in [9.17, 15) is 0 Å². The number of ether oxygens (including phenoxy) is 2. The van der Waals surface area contributed by atoms with Crippen molar-refractivity contribution in [2.45, 2.75) is 0 Å². The van der Waals surface area contributed by atoms with Gasteiger partial charge in [0.15, 0.2) is 11.5 Å². The molecule has 0 atom stereocenters. The second kappa shape index (κ2) is 12.2. The van der Waals surface area contributed by atoms with Gasteiger partial charge < -0.3 is 14.4 Å². The van der Waals surface area contributed by atoms with Crippen molar-refractivity contribution < 1.29 is 9.47 Å².